The van der Waals surface area contributed by atoms with Crippen LogP contribution in [0.25, 0.3) is 0 Å². The van der Waals surface area contributed by atoms with Crippen molar-refractivity contribution in [2.75, 3.05) is 45.2 Å². The van der Waals surface area contributed by atoms with Gasteiger partial charge in [-0.25, -0.2) is 0 Å². The van der Waals surface area contributed by atoms with Crippen molar-refractivity contribution < 1.29 is 0 Å². The molecule has 0 radical (unpaired) electrons. The molecule has 2 fully saturated rings. The van der Waals surface area contributed by atoms with Gasteiger partial charge in [0.15, 0.2) is 0 Å². The van der Waals surface area contributed by atoms with E-state index in [-0.39, 0.29) is 24.8 Å². The van der Waals surface area contributed by atoms with Crippen molar-refractivity contribution in [2.45, 2.75) is 31.7 Å². The Balaban J connectivity index is 0.00000144. The molecule has 0 unspecified atom stereocenters. The molecule has 1 aromatic carbocycles. The van der Waals surface area contributed by atoms with Gasteiger partial charge >= 0.3 is 0 Å². The van der Waals surface area contributed by atoms with Gasteiger partial charge in [-0.3, -0.25) is 4.90 Å². The number of hydrogen-bond donors (Lipinski definition) is 1. The topological polar surface area (TPSA) is 18.5 Å². The molecule has 0 bridgehead atoms. The van der Waals surface area contributed by atoms with Crippen molar-refractivity contribution in [3.8, 4) is 0 Å². The Morgan fingerprint density at radius 2 is 1.75 bits per heavy atom. The number of piperazine rings is 1. The fraction of sp³-hybridized carbons (Fsp3) is 0.667. The zero-order valence-corrected chi connectivity index (χ0v) is 17.0. The van der Waals surface area contributed by atoms with Gasteiger partial charge in [0.25, 0.3) is 0 Å². The van der Waals surface area contributed by atoms with E-state index < -0.39 is 0 Å². The van der Waals surface area contributed by atoms with Crippen LogP contribution in [-0.4, -0.2) is 45.2 Å². The van der Waals surface area contributed by atoms with Gasteiger partial charge in [0.2, 0.25) is 0 Å². The number of halogens is 3. The van der Waals surface area contributed by atoms with E-state index in [9.17, 15) is 0 Å². The second-order valence-corrected chi connectivity index (χ2v) is 7.28. The van der Waals surface area contributed by atoms with Crippen molar-refractivity contribution >= 4 is 42.1 Å². The Morgan fingerprint density at radius 1 is 1.12 bits per heavy atom. The van der Waals surface area contributed by atoms with Crippen LogP contribution < -0.4 is 10.2 Å². The lowest BCUT2D eigenvalue weighted by Gasteiger charge is -2.39. The molecule has 6 heteroatoms. The number of anilines is 1. The molecule has 0 aromatic heterocycles. The second-order valence-electron chi connectivity index (χ2n) is 6.88. The molecule has 3 nitrogen and oxygen atoms in total. The summed E-state index contributed by atoms with van der Waals surface area (Å²) in [5.74, 6) is 0.765. The number of nitrogens with zero attached hydrogens (tertiary/aromatic N) is 2. The maximum Gasteiger partial charge on any atom is 0.0474 e. The van der Waals surface area contributed by atoms with Gasteiger partial charge in [-0.2, -0.15) is 0 Å². The Morgan fingerprint density at radius 3 is 2.29 bits per heavy atom. The third kappa shape index (κ3) is 4.92. The van der Waals surface area contributed by atoms with E-state index in [1.807, 2.05) is 0 Å². The van der Waals surface area contributed by atoms with E-state index >= 15 is 0 Å². The average Bonchev–Trinajstić information content (AvgIpc) is 3.04. The minimum atomic E-state index is 0. The third-order valence-corrected chi connectivity index (χ3v) is 5.54. The summed E-state index contributed by atoms with van der Waals surface area (Å²) >= 11 is 6.70. The Bertz CT molecular complexity index is 498. The number of benzene rings is 1. The molecule has 1 heterocycles. The van der Waals surface area contributed by atoms with Crippen molar-refractivity contribution in [1.82, 2.24) is 10.2 Å². The highest BCUT2D eigenvalue weighted by molar-refractivity contribution is 6.31. The molecular weight excluding hydrogens is 365 g/mol. The highest BCUT2D eigenvalue weighted by Crippen LogP contribution is 2.42. The largest absolute Gasteiger partial charge is 0.378 e. The summed E-state index contributed by atoms with van der Waals surface area (Å²) in [6.45, 7) is 4.45. The standard InChI is InChI=1S/C18H28ClN3.2ClH/c1-21(2)15-7-8-16(17(19)13-15)18(14-5-3-4-6-14)22-11-9-20-10-12-22;;/h7-8,13-14,18,20H,3-6,9-12H2,1-2H3;2*1H/t18-;;/m1../s1. The van der Waals surface area contributed by atoms with Crippen molar-refractivity contribution in [2.24, 2.45) is 5.92 Å². The van der Waals surface area contributed by atoms with Gasteiger partial charge in [-0.15, -0.1) is 24.8 Å². The first-order valence-corrected chi connectivity index (χ1v) is 8.96. The lowest BCUT2D eigenvalue weighted by Crippen LogP contribution is -2.46. The van der Waals surface area contributed by atoms with Crippen LogP contribution in [0.3, 0.4) is 0 Å². The molecule has 1 aromatic rings. The highest BCUT2D eigenvalue weighted by Gasteiger charge is 2.33. The predicted octanol–water partition coefficient (Wildman–Crippen LogP) is 4.39. The fourth-order valence-electron chi connectivity index (χ4n) is 4.02. The maximum atomic E-state index is 6.70. The van der Waals surface area contributed by atoms with Gasteiger partial charge in [-0.05, 0) is 36.5 Å². The molecule has 1 aliphatic heterocycles. The van der Waals surface area contributed by atoms with Crippen LogP contribution >= 0.6 is 36.4 Å². The molecule has 0 amide bonds. The van der Waals surface area contributed by atoms with Crippen LogP contribution in [-0.2, 0) is 0 Å². The molecule has 138 valence electrons. The minimum Gasteiger partial charge on any atom is -0.378 e. The highest BCUT2D eigenvalue weighted by atomic mass is 35.5. The summed E-state index contributed by atoms with van der Waals surface area (Å²) in [6.07, 6.45) is 5.45. The van der Waals surface area contributed by atoms with E-state index in [1.165, 1.54) is 36.9 Å². The quantitative estimate of drug-likeness (QED) is 0.817. The number of rotatable bonds is 4. The van der Waals surface area contributed by atoms with Crippen molar-refractivity contribution in [3.63, 3.8) is 0 Å². The Labute approximate surface area is 163 Å². The second kappa shape index (κ2) is 10.1. The third-order valence-electron chi connectivity index (χ3n) is 5.21. The molecule has 0 spiro atoms. The minimum absolute atomic E-state index is 0. The first-order valence-electron chi connectivity index (χ1n) is 8.58. The molecule has 1 atom stereocenters. The maximum absolute atomic E-state index is 6.70. The van der Waals surface area contributed by atoms with Crippen LogP contribution in [0.2, 0.25) is 5.02 Å². The number of hydrogen-bond acceptors (Lipinski definition) is 3. The average molecular weight is 395 g/mol. The summed E-state index contributed by atoms with van der Waals surface area (Å²) in [7, 11) is 4.13. The van der Waals surface area contributed by atoms with Gasteiger partial charge in [0.05, 0.1) is 0 Å². The first-order chi connectivity index (χ1) is 10.7. The summed E-state index contributed by atoms with van der Waals surface area (Å²) in [6, 6.07) is 7.10. The normalized spacial score (nSPS) is 20.1. The molecule has 3 rings (SSSR count). The van der Waals surface area contributed by atoms with Crippen molar-refractivity contribution in [3.05, 3.63) is 28.8 Å². The predicted molar refractivity (Wildman–Crippen MR) is 109 cm³/mol. The molecule has 2 aliphatic rings. The van der Waals surface area contributed by atoms with Gasteiger partial charge < -0.3 is 10.2 Å². The zero-order valence-electron chi connectivity index (χ0n) is 14.6. The van der Waals surface area contributed by atoms with Gasteiger partial charge in [0, 0.05) is 57.0 Å². The van der Waals surface area contributed by atoms with Crippen LogP contribution in [0.15, 0.2) is 18.2 Å². The lowest BCUT2D eigenvalue weighted by molar-refractivity contribution is 0.125. The summed E-state index contributed by atoms with van der Waals surface area (Å²) in [5, 5.41) is 4.40. The van der Waals surface area contributed by atoms with E-state index in [0.717, 1.165) is 37.1 Å². The smallest absolute Gasteiger partial charge is 0.0474 e. The molecule has 24 heavy (non-hydrogen) atoms. The SMILES string of the molecule is CN(C)c1ccc([C@@H](C2CCCC2)N2CCNCC2)c(Cl)c1.Cl.Cl. The van der Waals surface area contributed by atoms with E-state index in [0.29, 0.717) is 6.04 Å². The van der Waals surface area contributed by atoms with Crippen LogP contribution in [0.5, 0.6) is 0 Å². The van der Waals surface area contributed by atoms with Gasteiger partial charge in [0.1, 0.15) is 0 Å². The lowest BCUT2D eigenvalue weighted by atomic mass is 9.89. The Hall–Kier alpha value is -0.190. The van der Waals surface area contributed by atoms with Crippen molar-refractivity contribution in [1.29, 1.82) is 0 Å². The Kier molecular flexibility index (Phi) is 9.18. The van der Waals surface area contributed by atoms with E-state index in [1.54, 1.807) is 0 Å². The first kappa shape index (κ1) is 21.9. The number of nitrogens with one attached hydrogen (secondary N) is 1. The van der Waals surface area contributed by atoms with E-state index in [4.69, 9.17) is 11.6 Å². The van der Waals surface area contributed by atoms with Gasteiger partial charge in [-0.1, -0.05) is 30.5 Å². The van der Waals surface area contributed by atoms with Crippen LogP contribution in [0, 0.1) is 5.92 Å². The monoisotopic (exact) mass is 393 g/mol. The fourth-order valence-corrected chi connectivity index (χ4v) is 4.30. The molecule has 1 N–H and O–H groups in total. The summed E-state index contributed by atoms with van der Waals surface area (Å²) in [5.41, 5.74) is 2.51. The zero-order chi connectivity index (χ0) is 15.5. The van der Waals surface area contributed by atoms with E-state index in [2.05, 4.69) is 47.4 Å². The molecule has 1 saturated carbocycles. The molecule has 1 saturated heterocycles. The summed E-state index contributed by atoms with van der Waals surface area (Å²) in [4.78, 5) is 4.77. The van der Waals surface area contributed by atoms with Crippen LogP contribution in [0.4, 0.5) is 5.69 Å². The molecule has 1 aliphatic carbocycles. The van der Waals surface area contributed by atoms with Crippen LogP contribution in [0.1, 0.15) is 37.3 Å². The summed E-state index contributed by atoms with van der Waals surface area (Å²) < 4.78 is 0. The molecular formula is C18H30Cl3N3.